The SMILES string of the molecule is C[C@@H](Sc1n[nH]c(-c2ccccc2)n1)C(=O)Nc1ccccc1OC(F)F. The van der Waals surface area contributed by atoms with Crippen LogP contribution in [0.15, 0.2) is 59.8 Å². The Labute approximate surface area is 158 Å². The number of carbonyl (C=O) groups excluding carboxylic acids is 1. The van der Waals surface area contributed by atoms with Crippen molar-refractivity contribution in [1.29, 1.82) is 0 Å². The molecule has 9 heteroatoms. The standard InChI is InChI=1S/C18H16F2N4O2S/c1-11(16(25)21-13-9-5-6-10-14(13)26-17(19)20)27-18-22-15(23-24-18)12-7-3-2-4-8-12/h2-11,17H,1H3,(H,21,25)(H,22,23,24)/t11-/m1/s1. The van der Waals surface area contributed by atoms with E-state index in [2.05, 4.69) is 25.2 Å². The molecule has 0 unspecified atom stereocenters. The number of ether oxygens (including phenoxy) is 1. The van der Waals surface area contributed by atoms with Crippen LogP contribution in [0.25, 0.3) is 11.4 Å². The van der Waals surface area contributed by atoms with E-state index in [1.54, 1.807) is 19.1 Å². The first kappa shape index (κ1) is 18.8. The Bertz CT molecular complexity index is 905. The normalized spacial score (nSPS) is 12.0. The van der Waals surface area contributed by atoms with Crippen LogP contribution in [0.3, 0.4) is 0 Å². The number of amides is 1. The van der Waals surface area contributed by atoms with Crippen molar-refractivity contribution in [2.45, 2.75) is 23.9 Å². The van der Waals surface area contributed by atoms with Crippen molar-refractivity contribution >= 4 is 23.4 Å². The third-order valence-corrected chi connectivity index (χ3v) is 4.49. The molecule has 0 aliphatic rings. The van der Waals surface area contributed by atoms with Gasteiger partial charge >= 0.3 is 6.61 Å². The first-order chi connectivity index (χ1) is 13.0. The Balaban J connectivity index is 1.64. The number of aromatic amines is 1. The van der Waals surface area contributed by atoms with Gasteiger partial charge in [0.1, 0.15) is 5.75 Å². The Morgan fingerprint density at radius 2 is 1.85 bits per heavy atom. The minimum atomic E-state index is -2.97. The van der Waals surface area contributed by atoms with Crippen LogP contribution in [0.1, 0.15) is 6.92 Å². The smallest absolute Gasteiger partial charge is 0.387 e. The number of carbonyl (C=O) groups is 1. The summed E-state index contributed by atoms with van der Waals surface area (Å²) in [5, 5.41) is 9.38. The van der Waals surface area contributed by atoms with Gasteiger partial charge in [-0.05, 0) is 19.1 Å². The molecule has 0 aliphatic carbocycles. The van der Waals surface area contributed by atoms with Crippen LogP contribution in [0.4, 0.5) is 14.5 Å². The highest BCUT2D eigenvalue weighted by molar-refractivity contribution is 8.00. The van der Waals surface area contributed by atoms with Crippen molar-refractivity contribution in [2.24, 2.45) is 0 Å². The Morgan fingerprint density at radius 1 is 1.15 bits per heavy atom. The van der Waals surface area contributed by atoms with Gasteiger partial charge in [-0.25, -0.2) is 4.98 Å². The summed E-state index contributed by atoms with van der Waals surface area (Å²) >= 11 is 1.15. The molecule has 1 heterocycles. The van der Waals surface area contributed by atoms with Crippen molar-refractivity contribution in [3.63, 3.8) is 0 Å². The number of H-pyrrole nitrogens is 1. The molecule has 0 saturated heterocycles. The number of benzene rings is 2. The van der Waals surface area contributed by atoms with E-state index < -0.39 is 11.9 Å². The highest BCUT2D eigenvalue weighted by atomic mass is 32.2. The molecule has 1 atom stereocenters. The van der Waals surface area contributed by atoms with Crippen molar-refractivity contribution in [3.05, 3.63) is 54.6 Å². The van der Waals surface area contributed by atoms with Crippen LogP contribution in [0, 0.1) is 0 Å². The summed E-state index contributed by atoms with van der Waals surface area (Å²) in [5.74, 6) is 0.125. The number of hydrogen-bond acceptors (Lipinski definition) is 5. The lowest BCUT2D eigenvalue weighted by atomic mass is 10.2. The van der Waals surface area contributed by atoms with Gasteiger partial charge in [0, 0.05) is 5.56 Å². The first-order valence-corrected chi connectivity index (χ1v) is 8.90. The van der Waals surface area contributed by atoms with Crippen LogP contribution in [0.2, 0.25) is 0 Å². The molecule has 27 heavy (non-hydrogen) atoms. The highest BCUT2D eigenvalue weighted by Crippen LogP contribution is 2.28. The van der Waals surface area contributed by atoms with Gasteiger partial charge in [-0.3, -0.25) is 9.89 Å². The number of rotatable bonds is 7. The molecule has 1 aromatic heterocycles. The van der Waals surface area contributed by atoms with Gasteiger partial charge < -0.3 is 10.1 Å². The summed E-state index contributed by atoms with van der Waals surface area (Å²) in [4.78, 5) is 16.8. The van der Waals surface area contributed by atoms with Gasteiger partial charge in [0.2, 0.25) is 11.1 Å². The molecule has 0 saturated carbocycles. The minimum absolute atomic E-state index is 0.0951. The van der Waals surface area contributed by atoms with Gasteiger partial charge in [0.05, 0.1) is 10.9 Å². The molecule has 3 aromatic rings. The number of thioether (sulfide) groups is 1. The van der Waals surface area contributed by atoms with Gasteiger partial charge in [0.15, 0.2) is 5.82 Å². The summed E-state index contributed by atoms with van der Waals surface area (Å²) in [5.41, 5.74) is 1.06. The lowest BCUT2D eigenvalue weighted by molar-refractivity contribution is -0.115. The van der Waals surface area contributed by atoms with E-state index in [0.29, 0.717) is 11.0 Å². The summed E-state index contributed by atoms with van der Waals surface area (Å²) < 4.78 is 29.3. The van der Waals surface area contributed by atoms with Crippen LogP contribution in [-0.4, -0.2) is 32.9 Å². The Kier molecular flexibility index (Phi) is 6.02. The lowest BCUT2D eigenvalue weighted by Gasteiger charge is -2.14. The molecule has 2 N–H and O–H groups in total. The first-order valence-electron chi connectivity index (χ1n) is 8.02. The van der Waals surface area contributed by atoms with E-state index in [-0.39, 0.29) is 17.3 Å². The molecule has 6 nitrogen and oxygen atoms in total. The van der Waals surface area contributed by atoms with Crippen molar-refractivity contribution < 1.29 is 18.3 Å². The average Bonchev–Trinajstić information content (AvgIpc) is 3.12. The summed E-state index contributed by atoms with van der Waals surface area (Å²) in [6.07, 6.45) is 0. The maximum absolute atomic E-state index is 12.5. The molecule has 0 bridgehead atoms. The minimum Gasteiger partial charge on any atom is -0.433 e. The number of para-hydroxylation sites is 2. The van der Waals surface area contributed by atoms with E-state index in [0.717, 1.165) is 17.3 Å². The molecular formula is C18H16F2N4O2S. The molecule has 3 rings (SSSR count). The van der Waals surface area contributed by atoms with Crippen molar-refractivity contribution in [2.75, 3.05) is 5.32 Å². The lowest BCUT2D eigenvalue weighted by Crippen LogP contribution is -2.23. The van der Waals surface area contributed by atoms with Gasteiger partial charge in [-0.2, -0.15) is 8.78 Å². The topological polar surface area (TPSA) is 79.9 Å². The monoisotopic (exact) mass is 390 g/mol. The summed E-state index contributed by atoms with van der Waals surface area (Å²) in [6.45, 7) is -1.30. The molecule has 0 radical (unpaired) electrons. The number of nitrogens with zero attached hydrogens (tertiary/aromatic N) is 2. The van der Waals surface area contributed by atoms with E-state index in [1.807, 2.05) is 30.3 Å². The third kappa shape index (κ3) is 5.04. The fraction of sp³-hybridized carbons (Fsp3) is 0.167. The molecule has 0 aliphatic heterocycles. The predicted molar refractivity (Wildman–Crippen MR) is 98.8 cm³/mol. The molecule has 0 fully saturated rings. The van der Waals surface area contributed by atoms with Crippen molar-refractivity contribution in [1.82, 2.24) is 15.2 Å². The molecule has 2 aromatic carbocycles. The second-order valence-electron chi connectivity index (χ2n) is 5.46. The van der Waals surface area contributed by atoms with E-state index in [9.17, 15) is 13.6 Å². The molecule has 1 amide bonds. The molecule has 0 spiro atoms. The highest BCUT2D eigenvalue weighted by Gasteiger charge is 2.19. The van der Waals surface area contributed by atoms with Gasteiger partial charge in [-0.1, -0.05) is 54.2 Å². The molecular weight excluding hydrogens is 374 g/mol. The van der Waals surface area contributed by atoms with E-state index in [1.165, 1.54) is 12.1 Å². The van der Waals surface area contributed by atoms with Crippen LogP contribution < -0.4 is 10.1 Å². The Hall–Kier alpha value is -2.94. The zero-order valence-corrected chi connectivity index (χ0v) is 15.0. The van der Waals surface area contributed by atoms with Crippen molar-refractivity contribution in [3.8, 4) is 17.1 Å². The van der Waals surface area contributed by atoms with Crippen LogP contribution >= 0.6 is 11.8 Å². The summed E-state index contributed by atoms with van der Waals surface area (Å²) in [6, 6.07) is 15.5. The number of nitrogens with one attached hydrogen (secondary N) is 2. The van der Waals surface area contributed by atoms with E-state index >= 15 is 0 Å². The second-order valence-corrected chi connectivity index (χ2v) is 6.76. The third-order valence-electron chi connectivity index (χ3n) is 3.52. The zero-order valence-electron chi connectivity index (χ0n) is 14.2. The van der Waals surface area contributed by atoms with Gasteiger partial charge in [-0.15, -0.1) is 5.10 Å². The number of halogens is 2. The van der Waals surface area contributed by atoms with Gasteiger partial charge in [0.25, 0.3) is 0 Å². The quantitative estimate of drug-likeness (QED) is 0.591. The predicted octanol–water partition coefficient (Wildman–Crippen LogP) is 4.19. The maximum atomic E-state index is 12.5. The average molecular weight is 390 g/mol. The molecule has 140 valence electrons. The number of anilines is 1. The number of aromatic nitrogens is 3. The number of hydrogen-bond donors (Lipinski definition) is 2. The zero-order chi connectivity index (χ0) is 19.2. The summed E-state index contributed by atoms with van der Waals surface area (Å²) in [7, 11) is 0. The fourth-order valence-corrected chi connectivity index (χ4v) is 2.96. The fourth-order valence-electron chi connectivity index (χ4n) is 2.24. The second kappa shape index (κ2) is 8.63. The largest absolute Gasteiger partial charge is 0.433 e. The Morgan fingerprint density at radius 3 is 2.59 bits per heavy atom. The van der Waals surface area contributed by atoms with E-state index in [4.69, 9.17) is 0 Å². The van der Waals surface area contributed by atoms with Crippen LogP contribution in [-0.2, 0) is 4.79 Å². The van der Waals surface area contributed by atoms with Crippen LogP contribution in [0.5, 0.6) is 5.75 Å². The maximum Gasteiger partial charge on any atom is 0.387 e. The number of alkyl halides is 2.